The molecule has 0 aromatic rings. The first-order valence-electron chi connectivity index (χ1n) is 4.88. The minimum Gasteiger partial charge on any atom is -0.304 e. The SMILES string of the molecule is CC=O.CC=O.CC=O.CC=O.CC=O.CC=O.[Na+]. The van der Waals surface area contributed by atoms with Crippen LogP contribution in [-0.4, -0.2) is 37.7 Å². The summed E-state index contributed by atoms with van der Waals surface area (Å²) in [6, 6.07) is 0. The molecule has 6 nitrogen and oxygen atoms in total. The Labute approximate surface area is 137 Å². The molecule has 19 heavy (non-hydrogen) atoms. The fraction of sp³-hybridized carbons (Fsp3) is 0.500. The van der Waals surface area contributed by atoms with Crippen molar-refractivity contribution in [2.45, 2.75) is 41.5 Å². The molecule has 0 saturated carbocycles. The van der Waals surface area contributed by atoms with Gasteiger partial charge in [-0.05, 0) is 41.5 Å². The van der Waals surface area contributed by atoms with Gasteiger partial charge >= 0.3 is 29.6 Å². The van der Waals surface area contributed by atoms with Crippen LogP contribution in [0.25, 0.3) is 0 Å². The van der Waals surface area contributed by atoms with Crippen LogP contribution in [0.2, 0.25) is 0 Å². The van der Waals surface area contributed by atoms with E-state index in [1.807, 2.05) is 0 Å². The molecule has 0 aromatic heterocycles. The van der Waals surface area contributed by atoms with Crippen molar-refractivity contribution < 1.29 is 58.3 Å². The summed E-state index contributed by atoms with van der Waals surface area (Å²) in [5, 5.41) is 0. The van der Waals surface area contributed by atoms with Gasteiger partial charge in [-0.15, -0.1) is 0 Å². The molecule has 0 aliphatic carbocycles. The van der Waals surface area contributed by atoms with Gasteiger partial charge in [0.1, 0.15) is 37.7 Å². The van der Waals surface area contributed by atoms with Crippen LogP contribution in [0.15, 0.2) is 0 Å². The molecule has 108 valence electrons. The van der Waals surface area contributed by atoms with Crippen LogP contribution < -0.4 is 29.6 Å². The van der Waals surface area contributed by atoms with Crippen LogP contribution in [-0.2, 0) is 28.8 Å². The molecular weight excluding hydrogens is 263 g/mol. The van der Waals surface area contributed by atoms with Gasteiger partial charge in [-0.25, -0.2) is 0 Å². The van der Waals surface area contributed by atoms with E-state index in [1.54, 1.807) is 0 Å². The number of rotatable bonds is 0. The molecule has 0 bridgehead atoms. The summed E-state index contributed by atoms with van der Waals surface area (Å²) < 4.78 is 0. The third-order valence-electron chi connectivity index (χ3n) is 0. The van der Waals surface area contributed by atoms with Crippen LogP contribution in [0.3, 0.4) is 0 Å². The van der Waals surface area contributed by atoms with Gasteiger partial charge in [0.15, 0.2) is 0 Å². The Balaban J connectivity index is -0.0000000180. The Morgan fingerprint density at radius 1 is 0.368 bits per heavy atom. The van der Waals surface area contributed by atoms with Crippen molar-refractivity contribution in [2.24, 2.45) is 0 Å². The van der Waals surface area contributed by atoms with Crippen molar-refractivity contribution in [3.8, 4) is 0 Å². The molecule has 0 spiro atoms. The minimum absolute atomic E-state index is 0. The van der Waals surface area contributed by atoms with Crippen LogP contribution >= 0.6 is 0 Å². The molecule has 0 unspecified atom stereocenters. The predicted octanol–water partition coefficient (Wildman–Crippen LogP) is -1.76. The van der Waals surface area contributed by atoms with Gasteiger partial charge in [0.05, 0.1) is 0 Å². The summed E-state index contributed by atoms with van der Waals surface area (Å²) in [5.74, 6) is 0. The minimum atomic E-state index is 0. The second kappa shape index (κ2) is 173. The van der Waals surface area contributed by atoms with Gasteiger partial charge in [0.2, 0.25) is 0 Å². The number of hydrogen-bond donors (Lipinski definition) is 0. The summed E-state index contributed by atoms with van der Waals surface area (Å²) in [7, 11) is 0. The van der Waals surface area contributed by atoms with E-state index < -0.39 is 0 Å². The Morgan fingerprint density at radius 2 is 0.368 bits per heavy atom. The van der Waals surface area contributed by atoms with Crippen LogP contribution in [0, 0.1) is 0 Å². The maximum absolute atomic E-state index is 8.81. The molecule has 0 atom stereocenters. The van der Waals surface area contributed by atoms with Gasteiger partial charge < -0.3 is 28.8 Å². The van der Waals surface area contributed by atoms with Gasteiger partial charge in [-0.2, -0.15) is 0 Å². The molecule has 0 saturated heterocycles. The summed E-state index contributed by atoms with van der Waals surface area (Å²) in [5.41, 5.74) is 0. The van der Waals surface area contributed by atoms with Crippen molar-refractivity contribution in [2.75, 3.05) is 0 Å². The topological polar surface area (TPSA) is 102 Å². The number of carbonyl (C=O) groups excluding carboxylic acids is 6. The van der Waals surface area contributed by atoms with Crippen LogP contribution in [0.5, 0.6) is 0 Å². The monoisotopic (exact) mass is 287 g/mol. The van der Waals surface area contributed by atoms with E-state index in [0.29, 0.717) is 0 Å². The zero-order valence-electron chi connectivity index (χ0n) is 12.9. The number of carbonyl (C=O) groups is 6. The third kappa shape index (κ3) is 4000. The van der Waals surface area contributed by atoms with Crippen molar-refractivity contribution in [3.63, 3.8) is 0 Å². The van der Waals surface area contributed by atoms with E-state index in [0.717, 1.165) is 37.7 Å². The number of aldehydes is 6. The molecule has 0 heterocycles. The van der Waals surface area contributed by atoms with Crippen molar-refractivity contribution in [3.05, 3.63) is 0 Å². The molecule has 0 fully saturated rings. The molecule has 7 heteroatoms. The van der Waals surface area contributed by atoms with Gasteiger partial charge in [-0.1, -0.05) is 0 Å². The fourth-order valence-electron chi connectivity index (χ4n) is 0. The molecule has 0 N–H and O–H groups in total. The first kappa shape index (κ1) is 43.0. The Morgan fingerprint density at radius 3 is 0.368 bits per heavy atom. The standard InChI is InChI=1S/6C2H4O.Na/c6*1-2-3;/h6*2H,1H3;/q;;;;;;+1. The predicted molar refractivity (Wildman–Crippen MR) is 70.4 cm³/mol. The second-order valence-corrected chi connectivity index (χ2v) is 1.41. The average molecular weight is 287 g/mol. The summed E-state index contributed by atoms with van der Waals surface area (Å²) in [4.78, 5) is 52.8. The van der Waals surface area contributed by atoms with Crippen LogP contribution in [0.1, 0.15) is 41.5 Å². The Hall–Kier alpha value is -0.980. The van der Waals surface area contributed by atoms with E-state index >= 15 is 0 Å². The quantitative estimate of drug-likeness (QED) is 0.386. The maximum Gasteiger partial charge on any atom is 1.00 e. The van der Waals surface area contributed by atoms with Crippen molar-refractivity contribution in [1.82, 2.24) is 0 Å². The fourth-order valence-corrected chi connectivity index (χ4v) is 0. The van der Waals surface area contributed by atoms with Crippen LogP contribution in [0.4, 0.5) is 0 Å². The average Bonchev–Trinajstić information content (AvgIpc) is 2.23. The second-order valence-electron chi connectivity index (χ2n) is 1.41. The molecule has 0 rings (SSSR count). The maximum atomic E-state index is 8.81. The number of hydrogen-bond acceptors (Lipinski definition) is 6. The van der Waals surface area contributed by atoms with E-state index in [4.69, 9.17) is 28.8 Å². The summed E-state index contributed by atoms with van der Waals surface area (Å²) >= 11 is 0. The smallest absolute Gasteiger partial charge is 0.304 e. The van der Waals surface area contributed by atoms with Crippen molar-refractivity contribution >= 4 is 37.7 Å². The van der Waals surface area contributed by atoms with Crippen molar-refractivity contribution in [1.29, 1.82) is 0 Å². The molecule has 0 aliphatic rings. The molecular formula is C12H24NaO6+. The first-order valence-corrected chi connectivity index (χ1v) is 4.88. The zero-order valence-corrected chi connectivity index (χ0v) is 14.9. The normalized spacial score (nSPS) is 4.11. The van der Waals surface area contributed by atoms with E-state index in [2.05, 4.69) is 0 Å². The molecule has 0 aromatic carbocycles. The Bertz CT molecular complexity index is 114. The summed E-state index contributed by atoms with van der Waals surface area (Å²) in [6.07, 6.45) is 4.50. The van der Waals surface area contributed by atoms with E-state index in [9.17, 15) is 0 Å². The first-order chi connectivity index (χ1) is 8.49. The van der Waals surface area contributed by atoms with E-state index in [1.165, 1.54) is 41.5 Å². The van der Waals surface area contributed by atoms with Gasteiger partial charge in [0.25, 0.3) is 0 Å². The molecule has 0 aliphatic heterocycles. The largest absolute Gasteiger partial charge is 1.00 e. The Kier molecular flexibility index (Phi) is 392. The van der Waals surface area contributed by atoms with Gasteiger partial charge in [-0.3, -0.25) is 0 Å². The third-order valence-corrected chi connectivity index (χ3v) is 0. The van der Waals surface area contributed by atoms with Gasteiger partial charge in [0, 0.05) is 0 Å². The summed E-state index contributed by atoms with van der Waals surface area (Å²) in [6.45, 7) is 8.67. The van der Waals surface area contributed by atoms with E-state index in [-0.39, 0.29) is 29.6 Å². The molecule has 0 amide bonds. The zero-order chi connectivity index (χ0) is 16.2. The molecule has 0 radical (unpaired) electrons.